The molecular weight excluding hydrogens is 198 g/mol. The van der Waals surface area contributed by atoms with Gasteiger partial charge in [0.15, 0.2) is 5.92 Å². The van der Waals surface area contributed by atoms with E-state index in [-0.39, 0.29) is 5.75 Å². The molecule has 5 nitrogen and oxygen atoms in total. The summed E-state index contributed by atoms with van der Waals surface area (Å²) in [6.45, 7) is 0. The minimum atomic E-state index is -1.24. The Balaban J connectivity index is 3.04. The molecule has 0 aromatic heterocycles. The number of ether oxygens (including phenoxy) is 1. The zero-order valence-electron chi connectivity index (χ0n) is 8.06. The Morgan fingerprint density at radius 1 is 1.33 bits per heavy atom. The van der Waals surface area contributed by atoms with Crippen LogP contribution in [0.15, 0.2) is 24.3 Å². The maximum absolute atomic E-state index is 11.2. The Kier molecular flexibility index (Phi) is 3.28. The molecule has 0 spiro atoms. The number of methoxy groups -OCH3 is 1. The maximum Gasteiger partial charge on any atom is 0.322 e. The van der Waals surface area contributed by atoms with Gasteiger partial charge in [0.2, 0.25) is 0 Å². The van der Waals surface area contributed by atoms with Gasteiger partial charge in [-0.25, -0.2) is 0 Å². The minimum Gasteiger partial charge on any atom is -0.508 e. The first-order valence-electron chi connectivity index (χ1n) is 4.18. The van der Waals surface area contributed by atoms with Gasteiger partial charge in [-0.15, -0.1) is 0 Å². The van der Waals surface area contributed by atoms with Crippen molar-refractivity contribution in [2.75, 3.05) is 7.11 Å². The molecule has 79 valence electrons. The third kappa shape index (κ3) is 2.46. The van der Waals surface area contributed by atoms with Crippen molar-refractivity contribution in [2.45, 2.75) is 5.92 Å². The van der Waals surface area contributed by atoms with E-state index in [9.17, 15) is 9.59 Å². The fraction of sp³-hybridized carbons (Fsp3) is 0.200. The summed E-state index contributed by atoms with van der Waals surface area (Å²) >= 11 is 0. The minimum absolute atomic E-state index is 0.0276. The number of phenolic OH excluding ortho intramolecular Hbond substituents is 1. The van der Waals surface area contributed by atoms with E-state index in [1.807, 2.05) is 0 Å². The molecular formula is C10H10NO4. The van der Waals surface area contributed by atoms with Crippen LogP contribution in [0.1, 0.15) is 11.5 Å². The van der Waals surface area contributed by atoms with Crippen molar-refractivity contribution in [2.24, 2.45) is 0 Å². The quantitative estimate of drug-likeness (QED) is 0.577. The van der Waals surface area contributed by atoms with Gasteiger partial charge in [0.1, 0.15) is 5.75 Å². The summed E-state index contributed by atoms with van der Waals surface area (Å²) in [6.07, 6.45) is 0. The van der Waals surface area contributed by atoms with E-state index in [1.165, 1.54) is 24.3 Å². The van der Waals surface area contributed by atoms with E-state index in [1.54, 1.807) is 0 Å². The fourth-order valence-corrected chi connectivity index (χ4v) is 1.18. The topological polar surface area (TPSA) is 87.4 Å². The van der Waals surface area contributed by atoms with Crippen molar-refractivity contribution < 1.29 is 19.4 Å². The Labute approximate surface area is 86.5 Å². The highest BCUT2D eigenvalue weighted by Crippen LogP contribution is 2.20. The molecule has 0 bridgehead atoms. The number of carbonyl (C=O) groups excluding carboxylic acids is 2. The van der Waals surface area contributed by atoms with Crippen LogP contribution in [0.25, 0.3) is 0 Å². The normalized spacial score (nSPS) is 11.8. The average Bonchev–Trinajstić information content (AvgIpc) is 2.20. The monoisotopic (exact) mass is 208 g/mol. The molecule has 2 N–H and O–H groups in total. The standard InChI is InChI=1S/C10H10NO4/c1-15-10(14)8(9(11)13)6-2-4-7(12)5-3-6/h2-5,8,11-12H,1H3. The molecule has 0 saturated carbocycles. The summed E-state index contributed by atoms with van der Waals surface area (Å²) in [4.78, 5) is 22.1. The maximum atomic E-state index is 11.2. The number of hydrogen-bond donors (Lipinski definition) is 1. The number of carbonyl (C=O) groups is 2. The highest BCUT2D eigenvalue weighted by molar-refractivity contribution is 6.02. The van der Waals surface area contributed by atoms with Crippen molar-refractivity contribution in [1.29, 1.82) is 0 Å². The van der Waals surface area contributed by atoms with Crippen LogP contribution in [-0.4, -0.2) is 24.1 Å². The van der Waals surface area contributed by atoms with Gasteiger partial charge in [-0.05, 0) is 17.7 Å². The van der Waals surface area contributed by atoms with Gasteiger partial charge >= 0.3 is 5.97 Å². The number of rotatable bonds is 3. The molecule has 0 saturated heterocycles. The second-order valence-corrected chi connectivity index (χ2v) is 2.91. The Morgan fingerprint density at radius 2 is 1.87 bits per heavy atom. The number of nitrogens with one attached hydrogen (secondary N) is 1. The van der Waals surface area contributed by atoms with Crippen molar-refractivity contribution in [3.8, 4) is 5.75 Å². The highest BCUT2D eigenvalue weighted by Gasteiger charge is 2.27. The summed E-state index contributed by atoms with van der Waals surface area (Å²) in [5.74, 6) is -3.02. The summed E-state index contributed by atoms with van der Waals surface area (Å²) in [5, 5.41) is 9.02. The number of hydrogen-bond acceptors (Lipinski definition) is 4. The lowest BCUT2D eigenvalue weighted by Gasteiger charge is -2.10. The van der Waals surface area contributed by atoms with Crippen molar-refractivity contribution in [3.63, 3.8) is 0 Å². The predicted molar refractivity (Wildman–Crippen MR) is 51.0 cm³/mol. The lowest BCUT2D eigenvalue weighted by molar-refractivity contribution is -0.145. The van der Waals surface area contributed by atoms with Crippen LogP contribution in [0.2, 0.25) is 0 Å². The average molecular weight is 208 g/mol. The molecule has 1 radical (unpaired) electrons. The molecule has 0 aliphatic rings. The van der Waals surface area contributed by atoms with Crippen molar-refractivity contribution >= 4 is 11.9 Å². The number of benzene rings is 1. The molecule has 5 heteroatoms. The number of amides is 1. The zero-order valence-corrected chi connectivity index (χ0v) is 8.06. The van der Waals surface area contributed by atoms with Crippen LogP contribution >= 0.6 is 0 Å². The molecule has 15 heavy (non-hydrogen) atoms. The number of esters is 1. The van der Waals surface area contributed by atoms with Crippen LogP contribution in [0.5, 0.6) is 5.75 Å². The third-order valence-corrected chi connectivity index (χ3v) is 1.93. The summed E-state index contributed by atoms with van der Waals surface area (Å²) < 4.78 is 4.42. The zero-order chi connectivity index (χ0) is 11.4. The van der Waals surface area contributed by atoms with E-state index < -0.39 is 17.8 Å². The van der Waals surface area contributed by atoms with Gasteiger partial charge in [0.05, 0.1) is 7.11 Å². The number of aromatic hydroxyl groups is 1. The SMILES string of the molecule is COC(=O)C(C([NH])=O)c1ccc(O)cc1. The molecule has 0 fully saturated rings. The second-order valence-electron chi connectivity index (χ2n) is 2.91. The molecule has 1 aromatic rings. The number of phenols is 1. The van der Waals surface area contributed by atoms with E-state index in [4.69, 9.17) is 10.8 Å². The first-order chi connectivity index (χ1) is 7.06. The first-order valence-corrected chi connectivity index (χ1v) is 4.18. The lowest BCUT2D eigenvalue weighted by Crippen LogP contribution is -2.23. The molecule has 0 aliphatic carbocycles. The van der Waals surface area contributed by atoms with Gasteiger partial charge in [-0.1, -0.05) is 12.1 Å². The molecule has 1 unspecified atom stereocenters. The molecule has 1 aromatic carbocycles. The van der Waals surface area contributed by atoms with Gasteiger partial charge in [-0.3, -0.25) is 15.3 Å². The van der Waals surface area contributed by atoms with Crippen LogP contribution in [0, 0.1) is 0 Å². The van der Waals surface area contributed by atoms with Crippen LogP contribution < -0.4 is 5.73 Å². The Morgan fingerprint density at radius 3 is 2.27 bits per heavy atom. The van der Waals surface area contributed by atoms with Crippen LogP contribution in [0.4, 0.5) is 0 Å². The summed E-state index contributed by atoms with van der Waals surface area (Å²) in [7, 11) is 1.15. The van der Waals surface area contributed by atoms with Crippen LogP contribution in [-0.2, 0) is 14.3 Å². The van der Waals surface area contributed by atoms with E-state index in [0.717, 1.165) is 7.11 Å². The summed E-state index contributed by atoms with van der Waals surface area (Å²) in [6, 6.07) is 5.50. The summed E-state index contributed by atoms with van der Waals surface area (Å²) in [5.41, 5.74) is 7.29. The smallest absolute Gasteiger partial charge is 0.322 e. The van der Waals surface area contributed by atoms with E-state index in [0.29, 0.717) is 5.56 Å². The predicted octanol–water partition coefficient (Wildman–Crippen LogP) is 0.458. The fourth-order valence-electron chi connectivity index (χ4n) is 1.18. The third-order valence-electron chi connectivity index (χ3n) is 1.93. The van der Waals surface area contributed by atoms with Crippen molar-refractivity contribution in [1.82, 2.24) is 5.73 Å². The van der Waals surface area contributed by atoms with Crippen LogP contribution in [0.3, 0.4) is 0 Å². The first kappa shape index (κ1) is 11.0. The molecule has 1 atom stereocenters. The van der Waals surface area contributed by atoms with Gasteiger partial charge in [0.25, 0.3) is 5.91 Å². The molecule has 0 aliphatic heterocycles. The Bertz CT molecular complexity index is 372. The second kappa shape index (κ2) is 4.45. The lowest BCUT2D eigenvalue weighted by atomic mass is 9.99. The molecule has 0 heterocycles. The van der Waals surface area contributed by atoms with Gasteiger partial charge in [0, 0.05) is 0 Å². The van der Waals surface area contributed by atoms with Gasteiger partial charge < -0.3 is 9.84 Å². The van der Waals surface area contributed by atoms with E-state index >= 15 is 0 Å². The highest BCUT2D eigenvalue weighted by atomic mass is 16.5. The Hall–Kier alpha value is -2.04. The van der Waals surface area contributed by atoms with E-state index in [2.05, 4.69) is 4.74 Å². The molecule has 1 rings (SSSR count). The largest absolute Gasteiger partial charge is 0.508 e. The van der Waals surface area contributed by atoms with Crippen molar-refractivity contribution in [3.05, 3.63) is 29.8 Å². The molecule has 1 amide bonds. The van der Waals surface area contributed by atoms with Gasteiger partial charge in [-0.2, -0.15) is 0 Å².